The van der Waals surface area contributed by atoms with E-state index in [1.165, 1.54) is 0 Å². The highest BCUT2D eigenvalue weighted by molar-refractivity contribution is 8.32. The van der Waals surface area contributed by atoms with E-state index in [0.29, 0.717) is 12.8 Å². The van der Waals surface area contributed by atoms with Crippen LogP contribution in [0.2, 0.25) is 0 Å². The Labute approximate surface area is 187 Å². The van der Waals surface area contributed by atoms with Crippen molar-refractivity contribution in [3.63, 3.8) is 0 Å². The molecule has 1 aromatic carbocycles. The Morgan fingerprint density at radius 1 is 1.19 bits per heavy atom. The third-order valence-corrected chi connectivity index (χ3v) is 6.30. The number of benzene rings is 1. The van der Waals surface area contributed by atoms with E-state index >= 15 is 0 Å². The van der Waals surface area contributed by atoms with E-state index in [-0.39, 0.29) is 0 Å². The summed E-state index contributed by atoms with van der Waals surface area (Å²) in [6, 6.07) is 6.55. The average molecular weight is 442 g/mol. The Hall–Kier alpha value is -2.20. The van der Waals surface area contributed by atoms with Gasteiger partial charge in [0.05, 0.1) is 12.8 Å². The molecule has 168 valence electrons. The molecule has 2 heterocycles. The van der Waals surface area contributed by atoms with Crippen molar-refractivity contribution in [3.05, 3.63) is 42.4 Å². The molecule has 3 aromatic rings. The van der Waals surface area contributed by atoms with Crippen LogP contribution >= 0.6 is 10.0 Å². The number of hydrogen-bond acceptors (Lipinski definition) is 3. The fourth-order valence-electron chi connectivity index (χ4n) is 3.26. The standard InChI is InChI=1S/C25H35N3O2S/c1-19(2)28-17-23(21-15-26-27(16-21)18-30-12-13-31(5,6)7)22-14-20(8-9-24(22)28)10-11-25(3,4)29/h8-9,14-17,19,29H,12-13,18H2,1-7H3. The zero-order valence-electron chi connectivity index (χ0n) is 19.8. The smallest absolute Gasteiger partial charge is 0.139 e. The third kappa shape index (κ3) is 6.39. The van der Waals surface area contributed by atoms with Crippen LogP contribution in [0.1, 0.15) is 39.3 Å². The predicted molar refractivity (Wildman–Crippen MR) is 133 cm³/mol. The maximum atomic E-state index is 9.94. The van der Waals surface area contributed by atoms with E-state index < -0.39 is 15.6 Å². The van der Waals surface area contributed by atoms with Gasteiger partial charge in [-0.15, -0.1) is 0 Å². The molecule has 0 unspecified atom stereocenters. The van der Waals surface area contributed by atoms with E-state index in [1.54, 1.807) is 13.8 Å². The minimum absolute atomic E-state index is 0.336. The topological polar surface area (TPSA) is 52.2 Å². The zero-order valence-corrected chi connectivity index (χ0v) is 20.6. The van der Waals surface area contributed by atoms with E-state index in [9.17, 15) is 5.11 Å². The van der Waals surface area contributed by atoms with Crippen LogP contribution in [-0.2, 0) is 11.5 Å². The molecular weight excluding hydrogens is 406 g/mol. The molecule has 31 heavy (non-hydrogen) atoms. The molecule has 0 saturated carbocycles. The highest BCUT2D eigenvalue weighted by Crippen LogP contribution is 2.34. The van der Waals surface area contributed by atoms with Gasteiger partial charge in [0.25, 0.3) is 0 Å². The number of aromatic nitrogens is 3. The van der Waals surface area contributed by atoms with E-state index in [0.717, 1.165) is 40.0 Å². The molecule has 0 aliphatic carbocycles. The monoisotopic (exact) mass is 441 g/mol. The lowest BCUT2D eigenvalue weighted by Gasteiger charge is -2.24. The zero-order chi connectivity index (χ0) is 22.8. The summed E-state index contributed by atoms with van der Waals surface area (Å²) in [7, 11) is -0.548. The molecule has 0 atom stereocenters. The quantitative estimate of drug-likeness (QED) is 0.420. The van der Waals surface area contributed by atoms with Crippen molar-refractivity contribution >= 4 is 20.9 Å². The molecule has 1 N–H and O–H groups in total. The SMILES string of the molecule is CC(C)n1cc(-c2cnn(COCCS(C)(C)C)c2)c2cc(C#CC(C)(C)O)ccc21. The predicted octanol–water partition coefficient (Wildman–Crippen LogP) is 4.88. The first-order valence-electron chi connectivity index (χ1n) is 10.6. The van der Waals surface area contributed by atoms with Crippen LogP contribution in [0.15, 0.2) is 36.8 Å². The van der Waals surface area contributed by atoms with Gasteiger partial charge in [-0.05, 0) is 64.7 Å². The maximum absolute atomic E-state index is 9.94. The minimum atomic E-state index is -1.02. The van der Waals surface area contributed by atoms with Gasteiger partial charge in [-0.2, -0.15) is 5.10 Å². The van der Waals surface area contributed by atoms with Crippen molar-refractivity contribution in [3.8, 4) is 23.0 Å². The van der Waals surface area contributed by atoms with Crippen LogP contribution in [0.4, 0.5) is 0 Å². The van der Waals surface area contributed by atoms with Crippen molar-refractivity contribution in [1.29, 1.82) is 0 Å². The number of hydrogen-bond donors (Lipinski definition) is 1. The minimum Gasteiger partial charge on any atom is -0.378 e. The summed E-state index contributed by atoms with van der Waals surface area (Å²) in [5.74, 6) is 7.09. The van der Waals surface area contributed by atoms with Crippen molar-refractivity contribution in [2.24, 2.45) is 0 Å². The molecule has 2 aromatic heterocycles. The number of rotatable bonds is 7. The first-order valence-corrected chi connectivity index (χ1v) is 13.6. The lowest BCUT2D eigenvalue weighted by atomic mass is 10.0. The molecule has 0 bridgehead atoms. The van der Waals surface area contributed by atoms with Gasteiger partial charge in [0.15, 0.2) is 0 Å². The molecule has 0 spiro atoms. The number of nitrogens with zero attached hydrogens (tertiary/aromatic N) is 3. The highest BCUT2D eigenvalue weighted by Gasteiger charge is 2.15. The Morgan fingerprint density at radius 2 is 1.94 bits per heavy atom. The normalized spacial score (nSPS) is 12.9. The summed E-state index contributed by atoms with van der Waals surface area (Å²) in [5.41, 5.74) is 3.22. The fraction of sp³-hybridized carbons (Fsp3) is 0.480. The largest absolute Gasteiger partial charge is 0.378 e. The molecule has 6 heteroatoms. The van der Waals surface area contributed by atoms with Crippen LogP contribution in [0, 0.1) is 11.8 Å². The van der Waals surface area contributed by atoms with Gasteiger partial charge in [-0.1, -0.05) is 11.8 Å². The van der Waals surface area contributed by atoms with Crippen LogP contribution in [0.3, 0.4) is 0 Å². The van der Waals surface area contributed by atoms with Crippen LogP contribution in [0.5, 0.6) is 0 Å². The van der Waals surface area contributed by atoms with Crippen molar-refractivity contribution < 1.29 is 9.84 Å². The Morgan fingerprint density at radius 3 is 2.58 bits per heavy atom. The maximum Gasteiger partial charge on any atom is 0.139 e. The molecule has 3 rings (SSSR count). The molecule has 0 fully saturated rings. The molecular formula is C25H35N3O2S. The van der Waals surface area contributed by atoms with Gasteiger partial charge in [0.2, 0.25) is 0 Å². The summed E-state index contributed by atoms with van der Waals surface area (Å²) in [4.78, 5) is 0. The molecule has 0 radical (unpaired) electrons. The summed E-state index contributed by atoms with van der Waals surface area (Å²) in [6.07, 6.45) is 13.0. The van der Waals surface area contributed by atoms with Gasteiger partial charge in [0, 0.05) is 51.8 Å². The average Bonchev–Trinajstić information content (AvgIpc) is 3.26. The van der Waals surface area contributed by atoms with Crippen LogP contribution in [-0.4, -0.2) is 56.2 Å². The lowest BCUT2D eigenvalue weighted by molar-refractivity contribution is 0.0809. The summed E-state index contributed by atoms with van der Waals surface area (Å²) >= 11 is 0. The molecule has 0 aliphatic heterocycles. The highest BCUT2D eigenvalue weighted by atomic mass is 32.3. The Kier molecular flexibility index (Phi) is 6.90. The van der Waals surface area contributed by atoms with Gasteiger partial charge >= 0.3 is 0 Å². The molecule has 0 saturated heterocycles. The molecule has 0 amide bonds. The third-order valence-electron chi connectivity index (χ3n) is 4.91. The fourth-order valence-corrected chi connectivity index (χ4v) is 3.87. The van der Waals surface area contributed by atoms with Gasteiger partial charge in [0.1, 0.15) is 12.3 Å². The number of ether oxygens (including phenoxy) is 1. The summed E-state index contributed by atoms with van der Waals surface area (Å²) < 4.78 is 9.96. The van der Waals surface area contributed by atoms with Gasteiger partial charge in [-0.3, -0.25) is 0 Å². The van der Waals surface area contributed by atoms with E-state index in [1.807, 2.05) is 23.1 Å². The van der Waals surface area contributed by atoms with Crippen molar-refractivity contribution in [1.82, 2.24) is 14.3 Å². The second-order valence-corrected chi connectivity index (χ2v) is 14.3. The Balaban J connectivity index is 1.90. The summed E-state index contributed by atoms with van der Waals surface area (Å²) in [6.45, 7) is 8.96. The summed E-state index contributed by atoms with van der Waals surface area (Å²) in [5, 5.41) is 15.6. The first kappa shape index (κ1) is 23.5. The molecule has 0 aliphatic rings. The number of fused-ring (bicyclic) bond motifs is 1. The van der Waals surface area contributed by atoms with E-state index in [2.05, 4.69) is 72.5 Å². The Bertz CT molecular complexity index is 1100. The van der Waals surface area contributed by atoms with Crippen LogP contribution < -0.4 is 0 Å². The number of aliphatic hydroxyl groups is 1. The molecule has 5 nitrogen and oxygen atoms in total. The van der Waals surface area contributed by atoms with Crippen molar-refractivity contribution in [2.45, 2.75) is 46.1 Å². The van der Waals surface area contributed by atoms with Crippen molar-refractivity contribution in [2.75, 3.05) is 31.1 Å². The lowest BCUT2D eigenvalue weighted by Crippen LogP contribution is -2.14. The first-order chi connectivity index (χ1) is 14.4. The van der Waals surface area contributed by atoms with Crippen LogP contribution in [0.25, 0.3) is 22.0 Å². The van der Waals surface area contributed by atoms with E-state index in [4.69, 9.17) is 4.74 Å². The second-order valence-electron chi connectivity index (χ2n) is 9.69. The van der Waals surface area contributed by atoms with Gasteiger partial charge < -0.3 is 14.4 Å². The second kappa shape index (κ2) is 9.12. The van der Waals surface area contributed by atoms with Gasteiger partial charge in [-0.25, -0.2) is 14.7 Å².